The highest BCUT2D eigenvalue weighted by atomic mass is 16.5. The van der Waals surface area contributed by atoms with Crippen LogP contribution in [0.1, 0.15) is 19.3 Å². The van der Waals surface area contributed by atoms with E-state index in [0.29, 0.717) is 25.9 Å². The van der Waals surface area contributed by atoms with Crippen molar-refractivity contribution in [2.45, 2.75) is 37.5 Å². The van der Waals surface area contributed by atoms with Crippen LogP contribution >= 0.6 is 0 Å². The molecule has 2 rings (SSSR count). The van der Waals surface area contributed by atoms with E-state index in [-0.39, 0.29) is 38.3 Å². The largest absolute Gasteiger partial charge is 0.480 e. The number of aliphatic hydroxyl groups excluding tert-OH is 2. The van der Waals surface area contributed by atoms with Gasteiger partial charge in [-0.2, -0.15) is 0 Å². The van der Waals surface area contributed by atoms with Gasteiger partial charge in [0.25, 0.3) is 0 Å². The van der Waals surface area contributed by atoms with Crippen molar-refractivity contribution in [1.29, 1.82) is 0 Å². The van der Waals surface area contributed by atoms with Crippen molar-refractivity contribution in [2.75, 3.05) is 32.8 Å². The summed E-state index contributed by atoms with van der Waals surface area (Å²) in [5.41, 5.74) is 0. The van der Waals surface area contributed by atoms with E-state index in [0.717, 1.165) is 0 Å². The second-order valence-corrected chi connectivity index (χ2v) is 5.46. The third kappa shape index (κ3) is 3.84. The zero-order valence-corrected chi connectivity index (χ0v) is 11.8. The molecule has 0 aromatic rings. The number of amides is 2. The lowest BCUT2D eigenvalue weighted by atomic mass is 10.1. The summed E-state index contributed by atoms with van der Waals surface area (Å²) >= 11 is 0. The fourth-order valence-electron chi connectivity index (χ4n) is 2.87. The second kappa shape index (κ2) is 7.06. The van der Waals surface area contributed by atoms with E-state index in [1.807, 2.05) is 0 Å². The van der Waals surface area contributed by atoms with Crippen LogP contribution in [0.15, 0.2) is 0 Å². The Morgan fingerprint density at radius 3 is 2.48 bits per heavy atom. The average Bonchev–Trinajstić information content (AvgIpc) is 2.87. The second-order valence-electron chi connectivity index (χ2n) is 5.46. The Hall–Kier alpha value is -1.38. The van der Waals surface area contributed by atoms with Gasteiger partial charge in [-0.1, -0.05) is 0 Å². The zero-order valence-electron chi connectivity index (χ0n) is 11.8. The summed E-state index contributed by atoms with van der Waals surface area (Å²) in [7, 11) is 0. The molecule has 2 unspecified atom stereocenters. The summed E-state index contributed by atoms with van der Waals surface area (Å²) in [5.74, 6) is -1.08. The fraction of sp³-hybridized carbons (Fsp3) is 0.846. The molecule has 0 saturated carbocycles. The first-order valence-corrected chi connectivity index (χ1v) is 7.21. The number of nitrogens with zero attached hydrogens (tertiary/aromatic N) is 2. The Morgan fingerprint density at radius 1 is 1.24 bits per heavy atom. The Labute approximate surface area is 122 Å². The molecule has 2 aliphatic rings. The van der Waals surface area contributed by atoms with Crippen LogP contribution in [0, 0.1) is 0 Å². The minimum Gasteiger partial charge on any atom is -0.480 e. The number of hydrogen-bond acceptors (Lipinski definition) is 5. The van der Waals surface area contributed by atoms with Gasteiger partial charge in [0.1, 0.15) is 6.04 Å². The van der Waals surface area contributed by atoms with Crippen molar-refractivity contribution in [2.24, 2.45) is 0 Å². The molecule has 0 aliphatic carbocycles. The predicted octanol–water partition coefficient (Wildman–Crippen LogP) is -0.900. The molecule has 2 fully saturated rings. The number of carbonyl (C=O) groups excluding carboxylic acids is 1. The lowest BCUT2D eigenvalue weighted by Gasteiger charge is -2.35. The number of ether oxygens (including phenoxy) is 1. The Bertz CT molecular complexity index is 383. The van der Waals surface area contributed by atoms with E-state index < -0.39 is 18.1 Å². The molecule has 0 spiro atoms. The minimum absolute atomic E-state index is 0.0227. The lowest BCUT2D eigenvalue weighted by molar-refractivity contribution is -0.141. The van der Waals surface area contributed by atoms with E-state index >= 15 is 0 Å². The van der Waals surface area contributed by atoms with Crippen LogP contribution in [0.3, 0.4) is 0 Å². The summed E-state index contributed by atoms with van der Waals surface area (Å²) in [5, 5.41) is 27.4. The first-order chi connectivity index (χ1) is 10.0. The van der Waals surface area contributed by atoms with Gasteiger partial charge in [0.2, 0.25) is 0 Å². The van der Waals surface area contributed by atoms with Gasteiger partial charge in [-0.15, -0.1) is 0 Å². The quantitative estimate of drug-likeness (QED) is 0.621. The zero-order chi connectivity index (χ0) is 15.4. The molecule has 0 aromatic heterocycles. The van der Waals surface area contributed by atoms with Crippen LogP contribution in [0.25, 0.3) is 0 Å². The van der Waals surface area contributed by atoms with Gasteiger partial charge >= 0.3 is 12.0 Å². The van der Waals surface area contributed by atoms with Crippen LogP contribution in [0.4, 0.5) is 4.79 Å². The van der Waals surface area contributed by atoms with E-state index in [4.69, 9.17) is 14.9 Å². The number of aliphatic hydroxyl groups is 2. The molecular weight excluding hydrogens is 280 g/mol. The van der Waals surface area contributed by atoms with Crippen molar-refractivity contribution < 1.29 is 29.6 Å². The number of piperidine rings is 1. The van der Waals surface area contributed by atoms with Crippen molar-refractivity contribution >= 4 is 12.0 Å². The van der Waals surface area contributed by atoms with Gasteiger partial charge in [0.05, 0.1) is 25.4 Å². The monoisotopic (exact) mass is 302 g/mol. The van der Waals surface area contributed by atoms with Crippen molar-refractivity contribution in [3.05, 3.63) is 0 Å². The number of aliphatic carboxylic acids is 1. The highest BCUT2D eigenvalue weighted by molar-refractivity contribution is 5.83. The maximum atomic E-state index is 12.4. The number of rotatable bonds is 4. The Balaban J connectivity index is 1.88. The molecule has 120 valence electrons. The van der Waals surface area contributed by atoms with Gasteiger partial charge in [-0.25, -0.2) is 9.59 Å². The molecule has 8 heteroatoms. The number of carboxylic acids is 1. The molecule has 2 amide bonds. The van der Waals surface area contributed by atoms with Gasteiger partial charge < -0.3 is 29.9 Å². The third-order valence-corrected chi connectivity index (χ3v) is 3.97. The number of carboxylic acid groups (broad SMARTS) is 1. The molecular formula is C13H22N2O6. The van der Waals surface area contributed by atoms with Crippen molar-refractivity contribution in [3.8, 4) is 0 Å². The number of urea groups is 1. The van der Waals surface area contributed by atoms with Crippen molar-refractivity contribution in [3.63, 3.8) is 0 Å². The predicted molar refractivity (Wildman–Crippen MR) is 71.8 cm³/mol. The number of hydrogen-bond donors (Lipinski definition) is 3. The summed E-state index contributed by atoms with van der Waals surface area (Å²) in [6, 6.07) is -1.28. The van der Waals surface area contributed by atoms with Crippen LogP contribution in [-0.2, 0) is 9.53 Å². The third-order valence-electron chi connectivity index (χ3n) is 3.97. The molecule has 2 aliphatic heterocycles. The van der Waals surface area contributed by atoms with E-state index in [2.05, 4.69) is 0 Å². The SMILES string of the molecule is O=C(O)C1CC(O)CN1C(=O)N1CCC(OCCO)CC1. The van der Waals surface area contributed by atoms with E-state index in [1.165, 1.54) is 4.90 Å². The first kappa shape index (κ1) is 16.0. The molecule has 21 heavy (non-hydrogen) atoms. The summed E-state index contributed by atoms with van der Waals surface area (Å²) < 4.78 is 5.43. The minimum atomic E-state index is -1.08. The van der Waals surface area contributed by atoms with Gasteiger partial charge in [-0.05, 0) is 12.8 Å². The topological polar surface area (TPSA) is 111 Å². The van der Waals surface area contributed by atoms with Crippen molar-refractivity contribution in [1.82, 2.24) is 9.80 Å². The summed E-state index contributed by atoms with van der Waals surface area (Å²) in [6.45, 7) is 1.32. The molecule has 2 heterocycles. The molecule has 2 atom stereocenters. The molecule has 3 N–H and O–H groups in total. The smallest absolute Gasteiger partial charge is 0.326 e. The highest BCUT2D eigenvalue weighted by Gasteiger charge is 2.41. The molecule has 8 nitrogen and oxygen atoms in total. The van der Waals surface area contributed by atoms with Crippen LogP contribution in [0.5, 0.6) is 0 Å². The normalized spacial score (nSPS) is 27.1. The molecule has 0 radical (unpaired) electrons. The first-order valence-electron chi connectivity index (χ1n) is 7.21. The number of β-amino-alcohol motifs (C(OH)–C–C–N with tert-alkyl or cyclic N) is 1. The van der Waals surface area contributed by atoms with E-state index in [9.17, 15) is 14.7 Å². The van der Waals surface area contributed by atoms with Crippen LogP contribution in [-0.4, -0.2) is 88.2 Å². The number of carbonyl (C=O) groups is 2. The van der Waals surface area contributed by atoms with Gasteiger partial charge in [0, 0.05) is 26.1 Å². The summed E-state index contributed by atoms with van der Waals surface area (Å²) in [4.78, 5) is 26.4. The molecule has 0 bridgehead atoms. The molecule has 2 saturated heterocycles. The standard InChI is InChI=1S/C13H22N2O6/c16-5-6-21-10-1-3-14(4-2-10)13(20)15-8-9(17)7-11(15)12(18)19/h9-11,16-17H,1-8H2,(H,18,19). The average molecular weight is 302 g/mol. The maximum absolute atomic E-state index is 12.4. The van der Waals surface area contributed by atoms with Crippen LogP contribution < -0.4 is 0 Å². The van der Waals surface area contributed by atoms with E-state index in [1.54, 1.807) is 4.90 Å². The number of likely N-dealkylation sites (tertiary alicyclic amines) is 2. The fourth-order valence-corrected chi connectivity index (χ4v) is 2.87. The highest BCUT2D eigenvalue weighted by Crippen LogP contribution is 2.22. The Morgan fingerprint density at radius 2 is 1.90 bits per heavy atom. The Kier molecular flexibility index (Phi) is 5.38. The lowest BCUT2D eigenvalue weighted by Crippen LogP contribution is -2.51. The van der Waals surface area contributed by atoms with Gasteiger partial charge in [-0.3, -0.25) is 0 Å². The maximum Gasteiger partial charge on any atom is 0.326 e. The van der Waals surface area contributed by atoms with Crippen LogP contribution in [0.2, 0.25) is 0 Å². The summed E-state index contributed by atoms with van der Waals surface area (Å²) in [6.07, 6.45) is 0.665. The molecule has 0 aromatic carbocycles. The van der Waals surface area contributed by atoms with Gasteiger partial charge in [0.15, 0.2) is 0 Å².